The maximum atomic E-state index is 13.5. The minimum absolute atomic E-state index is 0.0709. The molecular formula is C13H13FN2O3. The number of ether oxygens (including phenoxy) is 1. The number of rotatable bonds is 6. The molecule has 0 aliphatic carbocycles. The number of carbonyl (C=O) groups excluding carboxylic acids is 1. The second kappa shape index (κ2) is 6.08. The molecule has 0 bridgehead atoms. The van der Waals surface area contributed by atoms with Crippen molar-refractivity contribution < 1.29 is 18.4 Å². The van der Waals surface area contributed by atoms with E-state index in [1.807, 2.05) is 6.92 Å². The average molecular weight is 264 g/mol. The Hall–Kier alpha value is -2.24. The fraction of sp³-hybridized carbons (Fsp3) is 0.308. The van der Waals surface area contributed by atoms with Crippen LogP contribution in [0.15, 0.2) is 22.7 Å². The van der Waals surface area contributed by atoms with Gasteiger partial charge in [-0.25, -0.2) is 4.39 Å². The van der Waals surface area contributed by atoms with Gasteiger partial charge in [-0.1, -0.05) is 18.1 Å². The number of hydrogen-bond acceptors (Lipinski definition) is 5. The van der Waals surface area contributed by atoms with E-state index in [-0.39, 0.29) is 23.8 Å². The number of carbonyl (C=O) groups is 1. The van der Waals surface area contributed by atoms with Crippen molar-refractivity contribution in [1.82, 2.24) is 10.1 Å². The highest BCUT2D eigenvalue weighted by atomic mass is 19.1. The van der Waals surface area contributed by atoms with E-state index in [0.29, 0.717) is 18.5 Å². The molecule has 0 radical (unpaired) electrons. The van der Waals surface area contributed by atoms with Gasteiger partial charge in [0.25, 0.3) is 5.89 Å². The Morgan fingerprint density at radius 1 is 1.47 bits per heavy atom. The van der Waals surface area contributed by atoms with Crippen molar-refractivity contribution in [1.29, 1.82) is 0 Å². The van der Waals surface area contributed by atoms with Gasteiger partial charge in [0.1, 0.15) is 0 Å². The normalized spacial score (nSPS) is 10.4. The minimum atomic E-state index is -0.599. The van der Waals surface area contributed by atoms with Gasteiger partial charge in [0.15, 0.2) is 30.3 Å². The van der Waals surface area contributed by atoms with Crippen molar-refractivity contribution in [2.75, 3.05) is 0 Å². The number of halogens is 1. The van der Waals surface area contributed by atoms with E-state index in [2.05, 4.69) is 10.1 Å². The molecule has 2 rings (SSSR count). The van der Waals surface area contributed by atoms with Gasteiger partial charge in [0.05, 0.1) is 5.56 Å². The van der Waals surface area contributed by atoms with Gasteiger partial charge < -0.3 is 9.26 Å². The van der Waals surface area contributed by atoms with Crippen LogP contribution < -0.4 is 4.74 Å². The lowest BCUT2D eigenvalue weighted by Gasteiger charge is -2.06. The van der Waals surface area contributed by atoms with Gasteiger partial charge in [-0.15, -0.1) is 0 Å². The number of aldehydes is 1. The van der Waals surface area contributed by atoms with Crippen molar-refractivity contribution in [2.24, 2.45) is 0 Å². The van der Waals surface area contributed by atoms with Crippen LogP contribution in [0.1, 0.15) is 35.4 Å². The summed E-state index contributed by atoms with van der Waals surface area (Å²) >= 11 is 0. The van der Waals surface area contributed by atoms with E-state index in [4.69, 9.17) is 9.26 Å². The molecule has 0 fully saturated rings. The van der Waals surface area contributed by atoms with Crippen molar-refractivity contribution in [3.8, 4) is 5.75 Å². The monoisotopic (exact) mass is 264 g/mol. The molecule has 2 aromatic rings. The lowest BCUT2D eigenvalue weighted by atomic mass is 10.2. The first kappa shape index (κ1) is 13.2. The zero-order valence-electron chi connectivity index (χ0n) is 10.4. The summed E-state index contributed by atoms with van der Waals surface area (Å²) in [6.07, 6.45) is 2.15. The minimum Gasteiger partial charge on any atom is -0.480 e. The summed E-state index contributed by atoms with van der Waals surface area (Å²) < 4.78 is 23.7. The second-order valence-corrected chi connectivity index (χ2v) is 3.92. The first-order valence-electron chi connectivity index (χ1n) is 5.92. The second-order valence-electron chi connectivity index (χ2n) is 3.92. The highest BCUT2D eigenvalue weighted by Crippen LogP contribution is 2.22. The average Bonchev–Trinajstić information content (AvgIpc) is 2.85. The molecule has 0 amide bonds. The Labute approximate surface area is 109 Å². The fourth-order valence-corrected chi connectivity index (χ4v) is 1.58. The fourth-order valence-electron chi connectivity index (χ4n) is 1.58. The Balaban J connectivity index is 2.07. The van der Waals surface area contributed by atoms with Crippen LogP contribution in [0.25, 0.3) is 0 Å². The Bertz CT molecular complexity index is 569. The lowest BCUT2D eigenvalue weighted by molar-refractivity contribution is 0.111. The largest absolute Gasteiger partial charge is 0.480 e. The van der Waals surface area contributed by atoms with Crippen LogP contribution >= 0.6 is 0 Å². The van der Waals surface area contributed by atoms with E-state index < -0.39 is 5.82 Å². The summed E-state index contributed by atoms with van der Waals surface area (Å²) in [5.74, 6) is 0.138. The first-order chi connectivity index (χ1) is 9.24. The van der Waals surface area contributed by atoms with E-state index in [1.165, 1.54) is 18.2 Å². The third-order valence-electron chi connectivity index (χ3n) is 2.45. The first-order valence-corrected chi connectivity index (χ1v) is 5.92. The van der Waals surface area contributed by atoms with Gasteiger partial charge >= 0.3 is 0 Å². The van der Waals surface area contributed by atoms with Crippen molar-refractivity contribution in [2.45, 2.75) is 26.4 Å². The molecule has 0 saturated heterocycles. The molecule has 1 aromatic heterocycles. The molecule has 1 aromatic carbocycles. The molecule has 0 aliphatic rings. The van der Waals surface area contributed by atoms with Gasteiger partial charge in [0, 0.05) is 6.42 Å². The van der Waals surface area contributed by atoms with Crippen LogP contribution in [-0.2, 0) is 13.0 Å². The summed E-state index contributed by atoms with van der Waals surface area (Å²) in [7, 11) is 0. The number of hydrogen-bond donors (Lipinski definition) is 0. The zero-order valence-corrected chi connectivity index (χ0v) is 10.4. The highest BCUT2D eigenvalue weighted by molar-refractivity contribution is 5.79. The molecular weight excluding hydrogens is 251 g/mol. The molecule has 5 nitrogen and oxygen atoms in total. The maximum Gasteiger partial charge on any atom is 0.264 e. The van der Waals surface area contributed by atoms with Crippen LogP contribution in [-0.4, -0.2) is 16.4 Å². The van der Waals surface area contributed by atoms with Gasteiger partial charge in [0.2, 0.25) is 0 Å². The van der Waals surface area contributed by atoms with E-state index >= 15 is 0 Å². The highest BCUT2D eigenvalue weighted by Gasteiger charge is 2.12. The zero-order chi connectivity index (χ0) is 13.7. The lowest BCUT2D eigenvalue weighted by Crippen LogP contribution is -2.01. The number of aryl methyl sites for hydroxylation is 1. The number of benzene rings is 1. The summed E-state index contributed by atoms with van der Waals surface area (Å²) in [5, 5.41) is 3.75. The van der Waals surface area contributed by atoms with Crippen LogP contribution in [0.3, 0.4) is 0 Å². The van der Waals surface area contributed by atoms with Gasteiger partial charge in [-0.05, 0) is 18.6 Å². The standard InChI is InChI=1S/C13H13FN2O3/c1-2-4-11-15-12(19-16-11)8-18-13-9(7-17)5-3-6-10(13)14/h3,5-7H,2,4,8H2,1H3. The molecule has 1 heterocycles. The molecule has 0 atom stereocenters. The van der Waals surface area contributed by atoms with Crippen LogP contribution in [0.5, 0.6) is 5.75 Å². The molecule has 0 aliphatic heterocycles. The summed E-state index contributed by atoms with van der Waals surface area (Å²) in [6, 6.07) is 4.14. The number of aromatic nitrogens is 2. The van der Waals surface area contributed by atoms with E-state index in [9.17, 15) is 9.18 Å². The van der Waals surface area contributed by atoms with Crippen molar-refractivity contribution in [3.63, 3.8) is 0 Å². The third-order valence-corrected chi connectivity index (χ3v) is 2.45. The quantitative estimate of drug-likeness (QED) is 0.750. The van der Waals surface area contributed by atoms with Crippen LogP contribution in [0, 0.1) is 5.82 Å². The third kappa shape index (κ3) is 3.15. The summed E-state index contributed by atoms with van der Waals surface area (Å²) in [5.41, 5.74) is 0.147. The van der Waals surface area contributed by atoms with Crippen molar-refractivity contribution >= 4 is 6.29 Å². The molecule has 0 unspecified atom stereocenters. The summed E-state index contributed by atoms with van der Waals surface area (Å²) in [4.78, 5) is 14.9. The van der Waals surface area contributed by atoms with Gasteiger partial charge in [-0.2, -0.15) is 4.98 Å². The molecule has 6 heteroatoms. The number of para-hydroxylation sites is 1. The summed E-state index contributed by atoms with van der Waals surface area (Å²) in [6.45, 7) is 1.93. The van der Waals surface area contributed by atoms with Crippen LogP contribution in [0.4, 0.5) is 4.39 Å². The van der Waals surface area contributed by atoms with E-state index in [0.717, 1.165) is 6.42 Å². The predicted molar refractivity (Wildman–Crippen MR) is 64.4 cm³/mol. The molecule has 19 heavy (non-hydrogen) atoms. The predicted octanol–water partition coefficient (Wildman–Crippen LogP) is 2.55. The molecule has 0 N–H and O–H groups in total. The Morgan fingerprint density at radius 2 is 2.32 bits per heavy atom. The van der Waals surface area contributed by atoms with E-state index in [1.54, 1.807) is 0 Å². The Kier molecular flexibility index (Phi) is 4.22. The topological polar surface area (TPSA) is 65.2 Å². The number of nitrogens with zero attached hydrogens (tertiary/aromatic N) is 2. The van der Waals surface area contributed by atoms with Crippen molar-refractivity contribution in [3.05, 3.63) is 41.3 Å². The molecule has 0 spiro atoms. The Morgan fingerprint density at radius 3 is 3.05 bits per heavy atom. The maximum absolute atomic E-state index is 13.5. The SMILES string of the molecule is CCCc1noc(COc2c(F)cccc2C=O)n1. The smallest absolute Gasteiger partial charge is 0.264 e. The van der Waals surface area contributed by atoms with Gasteiger partial charge in [-0.3, -0.25) is 4.79 Å². The van der Waals surface area contributed by atoms with Crippen LogP contribution in [0.2, 0.25) is 0 Å². The molecule has 100 valence electrons. The molecule has 0 saturated carbocycles.